The number of carbonyl (C=O) groups is 3. The molecule has 3 atom stereocenters. The Morgan fingerprint density at radius 1 is 1.23 bits per heavy atom. The summed E-state index contributed by atoms with van der Waals surface area (Å²) in [5.41, 5.74) is 0.940. The van der Waals surface area contributed by atoms with Gasteiger partial charge in [0.05, 0.1) is 17.7 Å². The number of anilines is 1. The number of ether oxygens (including phenoxy) is 2. The van der Waals surface area contributed by atoms with E-state index in [1.54, 1.807) is 49.1 Å². The first-order chi connectivity index (χ1) is 16.6. The molecule has 1 N–H and O–H groups in total. The smallest absolute Gasteiger partial charge is 0.277 e. The highest BCUT2D eigenvalue weighted by Gasteiger charge is 2.30. The van der Waals surface area contributed by atoms with Gasteiger partial charge in [0.1, 0.15) is 18.1 Å². The van der Waals surface area contributed by atoms with Crippen LogP contribution in [0.2, 0.25) is 0 Å². The molecule has 0 bridgehead atoms. The fourth-order valence-corrected chi connectivity index (χ4v) is 4.07. The van der Waals surface area contributed by atoms with Crippen molar-refractivity contribution < 1.29 is 28.4 Å². The van der Waals surface area contributed by atoms with E-state index in [4.69, 9.17) is 14.0 Å². The zero-order chi connectivity index (χ0) is 25.7. The number of benzene rings is 1. The van der Waals surface area contributed by atoms with Crippen molar-refractivity contribution in [3.63, 3.8) is 0 Å². The predicted octanol–water partition coefficient (Wildman–Crippen LogP) is 2.98. The summed E-state index contributed by atoms with van der Waals surface area (Å²) < 4.78 is 16.7. The molecule has 190 valence electrons. The number of rotatable bonds is 4. The Morgan fingerprint density at radius 2 is 1.97 bits per heavy atom. The van der Waals surface area contributed by atoms with E-state index in [-0.39, 0.29) is 42.2 Å². The van der Waals surface area contributed by atoms with Crippen LogP contribution in [0, 0.1) is 12.8 Å². The number of likely N-dealkylation sites (N-methyl/N-ethyl adjacent to an activating group) is 1. The minimum atomic E-state index is -0.441. The number of amides is 3. The molecule has 2 heterocycles. The Balaban J connectivity index is 1.94. The largest absolute Gasteiger partial charge is 0.491 e. The van der Waals surface area contributed by atoms with Crippen LogP contribution >= 0.6 is 0 Å². The Hall–Kier alpha value is -3.40. The molecular weight excluding hydrogens is 452 g/mol. The average Bonchev–Trinajstić information content (AvgIpc) is 3.29. The Labute approximate surface area is 205 Å². The average molecular weight is 487 g/mol. The molecule has 0 spiro atoms. The van der Waals surface area contributed by atoms with Crippen molar-refractivity contribution in [2.45, 2.75) is 46.3 Å². The minimum absolute atomic E-state index is 0.00449. The molecule has 10 nitrogen and oxygen atoms in total. The molecule has 10 heteroatoms. The van der Waals surface area contributed by atoms with E-state index < -0.39 is 5.91 Å². The number of aryl methyl sites for hydroxylation is 1. The summed E-state index contributed by atoms with van der Waals surface area (Å²) in [7, 11) is 3.32. The normalized spacial score (nSPS) is 21.4. The van der Waals surface area contributed by atoms with E-state index in [1.807, 2.05) is 20.8 Å². The molecule has 35 heavy (non-hydrogen) atoms. The lowest BCUT2D eigenvalue weighted by atomic mass is 10.0. The van der Waals surface area contributed by atoms with Crippen molar-refractivity contribution >= 4 is 23.4 Å². The van der Waals surface area contributed by atoms with Crippen LogP contribution in [0.3, 0.4) is 0 Å². The lowest BCUT2D eigenvalue weighted by Gasteiger charge is -2.36. The molecule has 0 unspecified atom stereocenters. The number of hydrogen-bond donors (Lipinski definition) is 1. The molecule has 0 radical (unpaired) electrons. The number of methoxy groups -OCH3 is 1. The Bertz CT molecular complexity index is 1070. The molecule has 0 saturated heterocycles. The zero-order valence-corrected chi connectivity index (χ0v) is 21.2. The van der Waals surface area contributed by atoms with E-state index in [1.165, 1.54) is 6.07 Å². The molecule has 3 amide bonds. The Morgan fingerprint density at radius 3 is 2.60 bits per heavy atom. The summed E-state index contributed by atoms with van der Waals surface area (Å²) in [6.07, 6.45) is 0.123. The lowest BCUT2D eigenvalue weighted by Crippen LogP contribution is -2.48. The monoisotopic (exact) mass is 486 g/mol. The highest BCUT2D eigenvalue weighted by atomic mass is 16.5. The van der Waals surface area contributed by atoms with Crippen molar-refractivity contribution in [1.29, 1.82) is 0 Å². The minimum Gasteiger partial charge on any atom is -0.491 e. The summed E-state index contributed by atoms with van der Waals surface area (Å²) in [6, 6.07) is 6.16. The molecule has 3 rings (SSSR count). The molecule has 1 aliphatic rings. The summed E-state index contributed by atoms with van der Waals surface area (Å²) in [5, 5.41) is 6.48. The lowest BCUT2D eigenvalue weighted by molar-refractivity contribution is -0.135. The third-order valence-corrected chi connectivity index (χ3v) is 6.19. The molecule has 2 aromatic rings. The second-order valence-electron chi connectivity index (χ2n) is 8.98. The quantitative estimate of drug-likeness (QED) is 0.707. The third kappa shape index (κ3) is 6.19. The van der Waals surface area contributed by atoms with Gasteiger partial charge in [0.15, 0.2) is 5.69 Å². The van der Waals surface area contributed by atoms with E-state index in [0.29, 0.717) is 42.3 Å². The molecule has 1 aromatic carbocycles. The molecule has 0 fully saturated rings. The fourth-order valence-electron chi connectivity index (χ4n) is 4.07. The molecule has 0 saturated carbocycles. The number of nitrogens with one attached hydrogen (secondary N) is 1. The zero-order valence-electron chi connectivity index (χ0n) is 21.2. The molecule has 0 aliphatic carbocycles. The summed E-state index contributed by atoms with van der Waals surface area (Å²) in [4.78, 5) is 41.9. The summed E-state index contributed by atoms with van der Waals surface area (Å²) >= 11 is 0. The van der Waals surface area contributed by atoms with Gasteiger partial charge in [0.2, 0.25) is 5.91 Å². The molecular formula is C25H34N4O6. The maximum absolute atomic E-state index is 13.3. The maximum atomic E-state index is 13.3. The molecule has 1 aliphatic heterocycles. The first-order valence-corrected chi connectivity index (χ1v) is 11.7. The van der Waals surface area contributed by atoms with E-state index in [9.17, 15) is 14.4 Å². The number of nitrogens with zero attached hydrogens (tertiary/aromatic N) is 3. The topological polar surface area (TPSA) is 114 Å². The van der Waals surface area contributed by atoms with Crippen molar-refractivity contribution in [3.8, 4) is 5.75 Å². The van der Waals surface area contributed by atoms with Crippen molar-refractivity contribution in [2.24, 2.45) is 5.92 Å². The van der Waals surface area contributed by atoms with Gasteiger partial charge in [-0.1, -0.05) is 19.0 Å². The highest BCUT2D eigenvalue weighted by molar-refractivity contribution is 6.03. The van der Waals surface area contributed by atoms with Crippen LogP contribution < -0.4 is 10.1 Å². The first-order valence-electron chi connectivity index (χ1n) is 11.7. The standard InChI is InChI=1S/C25H34N4O6/c1-7-23(30)29-12-15(2)22(33-6)13-28(5)25(32)19-9-8-18(11-21(19)34-14-16(29)3)26-24(31)20-10-17(4)35-27-20/h8-11,15-16,22H,7,12-14H2,1-6H3,(H,26,31)/t15-,16+,22+/m0/s1. The second kappa shape index (κ2) is 11.4. The number of aromatic nitrogens is 1. The highest BCUT2D eigenvalue weighted by Crippen LogP contribution is 2.27. The van der Waals surface area contributed by atoms with Gasteiger partial charge in [0, 0.05) is 57.4 Å². The predicted molar refractivity (Wildman–Crippen MR) is 130 cm³/mol. The van der Waals surface area contributed by atoms with Crippen LogP contribution in [-0.2, 0) is 9.53 Å². The van der Waals surface area contributed by atoms with Crippen LogP contribution in [0.1, 0.15) is 53.8 Å². The van der Waals surface area contributed by atoms with Gasteiger partial charge in [-0.05, 0) is 26.0 Å². The summed E-state index contributed by atoms with van der Waals surface area (Å²) in [5.74, 6) is 0.193. The van der Waals surface area contributed by atoms with Gasteiger partial charge < -0.3 is 29.1 Å². The third-order valence-electron chi connectivity index (χ3n) is 6.19. The van der Waals surface area contributed by atoms with Gasteiger partial charge in [-0.3, -0.25) is 14.4 Å². The van der Waals surface area contributed by atoms with Crippen molar-refractivity contribution in [2.75, 3.05) is 39.2 Å². The SMILES string of the molecule is CCC(=O)N1C[C@H](C)[C@H](OC)CN(C)C(=O)c2ccc(NC(=O)c3cc(C)on3)cc2OC[C@H]1C. The van der Waals surface area contributed by atoms with Gasteiger partial charge >= 0.3 is 0 Å². The van der Waals surface area contributed by atoms with Gasteiger partial charge in [-0.25, -0.2) is 0 Å². The maximum Gasteiger partial charge on any atom is 0.277 e. The fraction of sp³-hybridized carbons (Fsp3) is 0.520. The van der Waals surface area contributed by atoms with Gasteiger partial charge in [0.25, 0.3) is 11.8 Å². The number of fused-ring (bicyclic) bond motifs is 1. The van der Waals surface area contributed by atoms with Crippen LogP contribution in [0.25, 0.3) is 0 Å². The Kier molecular flexibility index (Phi) is 8.50. The van der Waals surface area contributed by atoms with Crippen LogP contribution in [0.5, 0.6) is 5.75 Å². The van der Waals surface area contributed by atoms with Crippen LogP contribution in [-0.4, -0.2) is 78.7 Å². The second-order valence-corrected chi connectivity index (χ2v) is 8.98. The van der Waals surface area contributed by atoms with Crippen molar-refractivity contribution in [1.82, 2.24) is 15.0 Å². The number of hydrogen-bond acceptors (Lipinski definition) is 7. The van der Waals surface area contributed by atoms with Crippen LogP contribution in [0.15, 0.2) is 28.8 Å². The van der Waals surface area contributed by atoms with E-state index >= 15 is 0 Å². The van der Waals surface area contributed by atoms with Crippen LogP contribution in [0.4, 0.5) is 5.69 Å². The van der Waals surface area contributed by atoms with Gasteiger partial charge in [-0.2, -0.15) is 0 Å². The van der Waals surface area contributed by atoms with E-state index in [2.05, 4.69) is 10.5 Å². The van der Waals surface area contributed by atoms with E-state index in [0.717, 1.165) is 0 Å². The van der Waals surface area contributed by atoms with Gasteiger partial charge in [-0.15, -0.1) is 0 Å². The van der Waals surface area contributed by atoms with Crippen molar-refractivity contribution in [3.05, 3.63) is 41.3 Å². The summed E-state index contributed by atoms with van der Waals surface area (Å²) in [6.45, 7) is 8.48. The molecule has 1 aromatic heterocycles. The first kappa shape index (κ1) is 26.2. The number of carbonyl (C=O) groups excluding carboxylic acids is 3.